The fourth-order valence-electron chi connectivity index (χ4n) is 1.78. The van der Waals surface area contributed by atoms with Crippen LogP contribution in [-0.2, 0) is 4.79 Å². The molecule has 108 valence electrons. The number of hydrogen-bond donors (Lipinski definition) is 1. The van der Waals surface area contributed by atoms with Crippen LogP contribution >= 0.6 is 0 Å². The Morgan fingerprint density at radius 1 is 1.14 bits per heavy atom. The lowest BCUT2D eigenvalue weighted by Crippen LogP contribution is -2.13. The normalized spacial score (nSPS) is 10.0. The number of amides is 1. The minimum Gasteiger partial charge on any atom is -0.485 e. The second-order valence-electron chi connectivity index (χ2n) is 4.40. The van der Waals surface area contributed by atoms with Crippen LogP contribution in [0.2, 0.25) is 0 Å². The molecule has 1 N–H and O–H groups in total. The van der Waals surface area contributed by atoms with Crippen molar-refractivity contribution < 1.29 is 18.7 Å². The zero-order valence-electron chi connectivity index (χ0n) is 11.4. The smallest absolute Gasteiger partial charge is 0.221 e. The molecular weight excluding hydrogens is 273 g/mol. The molecule has 0 saturated carbocycles. The Labute approximate surface area is 121 Å². The van der Waals surface area contributed by atoms with Gasteiger partial charge in [-0.15, -0.1) is 0 Å². The number of carbonyl (C=O) groups is 2. The molecule has 5 heteroatoms. The second kappa shape index (κ2) is 6.65. The number of hydrogen-bond acceptors (Lipinski definition) is 3. The van der Waals surface area contributed by atoms with Gasteiger partial charge in [0.05, 0.1) is 5.56 Å². The summed E-state index contributed by atoms with van der Waals surface area (Å²) < 4.78 is 18.8. The number of benzene rings is 2. The number of carbonyl (C=O) groups excluding carboxylic acids is 2. The van der Waals surface area contributed by atoms with Gasteiger partial charge in [0.15, 0.2) is 6.61 Å². The number of ketones is 1. The van der Waals surface area contributed by atoms with E-state index >= 15 is 0 Å². The van der Waals surface area contributed by atoms with Gasteiger partial charge in [-0.2, -0.15) is 0 Å². The first-order valence-electron chi connectivity index (χ1n) is 6.34. The Balaban J connectivity index is 2.01. The van der Waals surface area contributed by atoms with Crippen LogP contribution in [0.1, 0.15) is 17.3 Å². The van der Waals surface area contributed by atoms with Crippen LogP contribution in [-0.4, -0.2) is 18.3 Å². The molecule has 0 unspecified atom stereocenters. The Morgan fingerprint density at radius 2 is 1.90 bits per heavy atom. The molecular formula is C16H14FNO3. The average molecular weight is 287 g/mol. The topological polar surface area (TPSA) is 55.4 Å². The second-order valence-corrected chi connectivity index (χ2v) is 4.40. The van der Waals surface area contributed by atoms with Gasteiger partial charge in [0, 0.05) is 18.7 Å². The maximum absolute atomic E-state index is 13.4. The van der Waals surface area contributed by atoms with Crippen molar-refractivity contribution in [2.45, 2.75) is 6.92 Å². The molecule has 0 atom stereocenters. The highest BCUT2D eigenvalue weighted by atomic mass is 19.1. The number of halogens is 1. The molecule has 2 rings (SSSR count). The Kier molecular flexibility index (Phi) is 4.66. The minimum absolute atomic E-state index is 0.00415. The van der Waals surface area contributed by atoms with Gasteiger partial charge in [-0.3, -0.25) is 9.59 Å². The highest BCUT2D eigenvalue weighted by Crippen LogP contribution is 2.18. The molecule has 0 aromatic heterocycles. The summed E-state index contributed by atoms with van der Waals surface area (Å²) in [6.07, 6.45) is 0. The molecule has 4 nitrogen and oxygen atoms in total. The molecule has 0 aliphatic heterocycles. The summed E-state index contributed by atoms with van der Waals surface area (Å²) in [6.45, 7) is 1.12. The number of rotatable bonds is 5. The molecule has 0 spiro atoms. The molecule has 0 aliphatic carbocycles. The third-order valence-corrected chi connectivity index (χ3v) is 2.70. The fraction of sp³-hybridized carbons (Fsp3) is 0.125. The summed E-state index contributed by atoms with van der Waals surface area (Å²) in [6, 6.07) is 12.4. The van der Waals surface area contributed by atoms with E-state index in [4.69, 9.17) is 4.74 Å². The number of Topliss-reactive ketones (excluding diaryl/α,β-unsaturated/α-hetero) is 1. The van der Waals surface area contributed by atoms with E-state index < -0.39 is 11.6 Å². The van der Waals surface area contributed by atoms with Crippen molar-refractivity contribution in [3.05, 3.63) is 59.9 Å². The molecule has 0 heterocycles. The average Bonchev–Trinajstić information content (AvgIpc) is 2.45. The van der Waals surface area contributed by atoms with Crippen LogP contribution < -0.4 is 10.1 Å². The van der Waals surface area contributed by atoms with Crippen LogP contribution in [0.25, 0.3) is 0 Å². The van der Waals surface area contributed by atoms with Gasteiger partial charge in [0.25, 0.3) is 0 Å². The van der Waals surface area contributed by atoms with Crippen molar-refractivity contribution in [3.8, 4) is 5.75 Å². The summed E-state index contributed by atoms with van der Waals surface area (Å²) in [5.41, 5.74) is 0.564. The van der Waals surface area contributed by atoms with E-state index in [2.05, 4.69) is 5.32 Å². The van der Waals surface area contributed by atoms with E-state index in [1.165, 1.54) is 25.1 Å². The first kappa shape index (κ1) is 14.7. The minimum atomic E-state index is -0.571. The zero-order valence-corrected chi connectivity index (χ0v) is 11.4. The lowest BCUT2D eigenvalue weighted by molar-refractivity contribution is -0.114. The van der Waals surface area contributed by atoms with Crippen LogP contribution in [0.3, 0.4) is 0 Å². The first-order chi connectivity index (χ1) is 10.1. The van der Waals surface area contributed by atoms with Crippen LogP contribution in [0.15, 0.2) is 48.5 Å². The van der Waals surface area contributed by atoms with E-state index in [0.29, 0.717) is 11.4 Å². The molecule has 1 amide bonds. The van der Waals surface area contributed by atoms with E-state index in [0.717, 1.165) is 0 Å². The van der Waals surface area contributed by atoms with E-state index in [1.54, 1.807) is 30.3 Å². The van der Waals surface area contributed by atoms with E-state index in [1.807, 2.05) is 0 Å². The monoisotopic (exact) mass is 287 g/mol. The lowest BCUT2D eigenvalue weighted by atomic mass is 10.1. The quantitative estimate of drug-likeness (QED) is 0.860. The third-order valence-electron chi connectivity index (χ3n) is 2.70. The summed E-state index contributed by atoms with van der Waals surface area (Å²) in [7, 11) is 0. The largest absolute Gasteiger partial charge is 0.485 e. The SMILES string of the molecule is CC(=O)Nc1cccc(OCC(=O)c2ccccc2F)c1. The zero-order chi connectivity index (χ0) is 15.2. The van der Waals surface area contributed by atoms with Gasteiger partial charge in [0.1, 0.15) is 11.6 Å². The van der Waals surface area contributed by atoms with Crippen molar-refractivity contribution >= 4 is 17.4 Å². The predicted molar refractivity (Wildman–Crippen MR) is 77.0 cm³/mol. The predicted octanol–water partition coefficient (Wildman–Crippen LogP) is 3.05. The van der Waals surface area contributed by atoms with Gasteiger partial charge in [0.2, 0.25) is 11.7 Å². The van der Waals surface area contributed by atoms with Crippen molar-refractivity contribution in [2.75, 3.05) is 11.9 Å². The molecule has 0 saturated heterocycles. The van der Waals surface area contributed by atoms with Crippen molar-refractivity contribution in [1.29, 1.82) is 0 Å². The van der Waals surface area contributed by atoms with E-state index in [-0.39, 0.29) is 18.1 Å². The molecule has 0 radical (unpaired) electrons. The lowest BCUT2D eigenvalue weighted by Gasteiger charge is -2.08. The Morgan fingerprint density at radius 3 is 2.62 bits per heavy atom. The molecule has 21 heavy (non-hydrogen) atoms. The van der Waals surface area contributed by atoms with Crippen LogP contribution in [0.4, 0.5) is 10.1 Å². The Hall–Kier alpha value is -2.69. The fourth-order valence-corrected chi connectivity index (χ4v) is 1.78. The first-order valence-corrected chi connectivity index (χ1v) is 6.34. The Bertz CT molecular complexity index is 670. The van der Waals surface area contributed by atoms with Gasteiger partial charge in [-0.1, -0.05) is 18.2 Å². The van der Waals surface area contributed by atoms with Gasteiger partial charge < -0.3 is 10.1 Å². The molecule has 2 aromatic carbocycles. The maximum atomic E-state index is 13.4. The molecule has 0 aliphatic rings. The highest BCUT2D eigenvalue weighted by Gasteiger charge is 2.11. The van der Waals surface area contributed by atoms with Crippen molar-refractivity contribution in [2.24, 2.45) is 0 Å². The number of ether oxygens (including phenoxy) is 1. The number of nitrogens with one attached hydrogen (secondary N) is 1. The van der Waals surface area contributed by atoms with E-state index in [9.17, 15) is 14.0 Å². The summed E-state index contributed by atoms with van der Waals surface area (Å²) >= 11 is 0. The van der Waals surface area contributed by atoms with Gasteiger partial charge in [-0.05, 0) is 24.3 Å². The molecule has 2 aromatic rings. The van der Waals surface area contributed by atoms with Crippen molar-refractivity contribution in [1.82, 2.24) is 0 Å². The van der Waals surface area contributed by atoms with Gasteiger partial charge >= 0.3 is 0 Å². The summed E-state index contributed by atoms with van der Waals surface area (Å²) in [5.74, 6) is -0.795. The highest BCUT2D eigenvalue weighted by molar-refractivity contribution is 5.97. The third kappa shape index (κ3) is 4.14. The van der Waals surface area contributed by atoms with Crippen molar-refractivity contribution in [3.63, 3.8) is 0 Å². The van der Waals surface area contributed by atoms with Gasteiger partial charge in [-0.25, -0.2) is 4.39 Å². The van der Waals surface area contributed by atoms with Crippen LogP contribution in [0.5, 0.6) is 5.75 Å². The summed E-state index contributed by atoms with van der Waals surface area (Å²) in [4.78, 5) is 22.8. The standard InChI is InChI=1S/C16H14FNO3/c1-11(19)18-12-5-4-6-13(9-12)21-10-16(20)14-7-2-3-8-15(14)17/h2-9H,10H2,1H3,(H,18,19). The molecule has 0 bridgehead atoms. The molecule has 0 fully saturated rings. The van der Waals surface area contributed by atoms with Crippen LogP contribution in [0, 0.1) is 5.82 Å². The maximum Gasteiger partial charge on any atom is 0.221 e. The summed E-state index contributed by atoms with van der Waals surface area (Å²) in [5, 5.41) is 2.61. The number of anilines is 1.